The van der Waals surface area contributed by atoms with Crippen LogP contribution in [0.25, 0.3) is 0 Å². The molecule has 0 aliphatic heterocycles. The molecule has 0 bridgehead atoms. The van der Waals surface area contributed by atoms with Gasteiger partial charge in [0.05, 0.1) is 0 Å². The van der Waals surface area contributed by atoms with Crippen LogP contribution >= 0.6 is 0 Å². The Kier molecular flexibility index (Phi) is 9.62. The molecule has 0 saturated heterocycles. The van der Waals surface area contributed by atoms with Crippen molar-refractivity contribution in [3.05, 3.63) is 72.9 Å². The molecule has 0 radical (unpaired) electrons. The highest BCUT2D eigenvalue weighted by Gasteiger charge is 2.21. The second-order valence-electron chi connectivity index (χ2n) is 6.95. The van der Waals surface area contributed by atoms with Crippen molar-refractivity contribution in [3.63, 3.8) is 0 Å². The molecule has 1 aromatic rings. The molecule has 1 aromatic carbocycles. The molecule has 0 aromatic heterocycles. The van der Waals surface area contributed by atoms with Crippen LogP contribution in [0.3, 0.4) is 0 Å². The summed E-state index contributed by atoms with van der Waals surface area (Å²) in [5.74, 6) is -0.220. The Morgan fingerprint density at radius 3 is 1.87 bits per heavy atom. The third-order valence-corrected chi connectivity index (χ3v) is 3.74. The molecule has 1 rings (SSSR count). The van der Waals surface area contributed by atoms with E-state index in [1.807, 2.05) is 19.9 Å². The van der Waals surface area contributed by atoms with Gasteiger partial charge in [-0.2, -0.15) is 0 Å². The first-order valence-electron chi connectivity index (χ1n) is 9.50. The Hall–Kier alpha value is -3.28. The molecule has 2 unspecified atom stereocenters. The molecule has 0 spiro atoms. The van der Waals surface area contributed by atoms with Crippen LogP contribution in [-0.4, -0.2) is 24.5 Å². The van der Waals surface area contributed by atoms with Crippen molar-refractivity contribution in [2.24, 2.45) is 0 Å². The molecule has 162 valence electrons. The van der Waals surface area contributed by atoms with Crippen molar-refractivity contribution in [3.8, 4) is 11.5 Å². The van der Waals surface area contributed by atoms with E-state index in [2.05, 4.69) is 26.3 Å². The van der Waals surface area contributed by atoms with Crippen molar-refractivity contribution >= 4 is 11.9 Å². The fourth-order valence-corrected chi connectivity index (χ4v) is 2.67. The lowest BCUT2D eigenvalue weighted by molar-refractivity contribution is -0.155. The third kappa shape index (κ3) is 7.99. The zero-order chi connectivity index (χ0) is 22.8. The van der Waals surface area contributed by atoms with Gasteiger partial charge in [-0.3, -0.25) is 0 Å². The Labute approximate surface area is 178 Å². The molecule has 0 amide bonds. The molecule has 6 nitrogen and oxygen atoms in total. The second kappa shape index (κ2) is 11.7. The minimum atomic E-state index is -0.866. The molecule has 2 atom stereocenters. The highest BCUT2D eigenvalue weighted by molar-refractivity contribution is 5.81. The topological polar surface area (TPSA) is 71.1 Å². The summed E-state index contributed by atoms with van der Waals surface area (Å²) in [6.07, 6.45) is 1.42. The second-order valence-corrected chi connectivity index (χ2v) is 6.95. The summed E-state index contributed by atoms with van der Waals surface area (Å²) in [6.45, 7) is 21.7. The lowest BCUT2D eigenvalue weighted by Gasteiger charge is -2.24. The highest BCUT2D eigenvalue weighted by Crippen LogP contribution is 2.37. The quantitative estimate of drug-likeness (QED) is 0.211. The van der Waals surface area contributed by atoms with Crippen LogP contribution in [0.1, 0.15) is 38.8 Å². The fourth-order valence-electron chi connectivity index (χ4n) is 2.67. The summed E-state index contributed by atoms with van der Waals surface area (Å²) in [6, 6.07) is 3.62. The number of allylic oxidation sites excluding steroid dienone is 2. The smallest absolute Gasteiger partial charge is 0.333 e. The summed E-state index contributed by atoms with van der Waals surface area (Å²) in [4.78, 5) is 23.0. The number of ether oxygens (including phenoxy) is 4. The van der Waals surface area contributed by atoms with E-state index in [4.69, 9.17) is 18.9 Å². The number of carbonyl (C=O) groups excluding carboxylic acids is 2. The van der Waals surface area contributed by atoms with E-state index < -0.39 is 24.5 Å². The van der Waals surface area contributed by atoms with Crippen LogP contribution in [0.4, 0.5) is 0 Å². The first-order chi connectivity index (χ1) is 14.1. The van der Waals surface area contributed by atoms with Crippen molar-refractivity contribution < 1.29 is 28.5 Å². The molecule has 30 heavy (non-hydrogen) atoms. The lowest BCUT2D eigenvalue weighted by atomic mass is 9.98. The predicted octanol–water partition coefficient (Wildman–Crippen LogP) is 4.83. The molecule has 0 heterocycles. The number of esters is 2. The summed E-state index contributed by atoms with van der Waals surface area (Å²) in [5.41, 5.74) is 3.34. The van der Waals surface area contributed by atoms with E-state index >= 15 is 0 Å². The van der Waals surface area contributed by atoms with E-state index in [9.17, 15) is 9.59 Å². The summed E-state index contributed by atoms with van der Waals surface area (Å²) < 4.78 is 22.1. The molecule has 0 saturated carbocycles. The van der Waals surface area contributed by atoms with Gasteiger partial charge in [-0.15, -0.1) is 0 Å². The first-order valence-corrected chi connectivity index (χ1v) is 9.50. The lowest BCUT2D eigenvalue weighted by Crippen LogP contribution is -2.23. The maximum Gasteiger partial charge on any atom is 0.333 e. The molecular weight excluding hydrogens is 384 g/mol. The zero-order valence-electron chi connectivity index (χ0n) is 18.2. The molecule has 6 heteroatoms. The van der Waals surface area contributed by atoms with Crippen molar-refractivity contribution in [1.82, 2.24) is 0 Å². The Morgan fingerprint density at radius 1 is 0.900 bits per heavy atom. The minimum Gasteiger partial charge on any atom is -0.455 e. The Balaban J connectivity index is 3.40. The van der Waals surface area contributed by atoms with Crippen molar-refractivity contribution in [2.75, 3.05) is 0 Å². The maximum atomic E-state index is 11.6. The van der Waals surface area contributed by atoms with Crippen LogP contribution in [0.2, 0.25) is 0 Å². The van der Waals surface area contributed by atoms with Crippen LogP contribution in [0, 0.1) is 0 Å². The largest absolute Gasteiger partial charge is 0.455 e. The van der Waals surface area contributed by atoms with Gasteiger partial charge in [-0.1, -0.05) is 43.5 Å². The van der Waals surface area contributed by atoms with Gasteiger partial charge in [0.25, 0.3) is 0 Å². The number of carbonyl (C=O) groups is 2. The van der Waals surface area contributed by atoms with Gasteiger partial charge in [0, 0.05) is 38.0 Å². The van der Waals surface area contributed by atoms with Gasteiger partial charge in [-0.05, 0) is 31.9 Å². The zero-order valence-corrected chi connectivity index (χ0v) is 18.2. The average molecular weight is 414 g/mol. The van der Waals surface area contributed by atoms with Gasteiger partial charge in [0.1, 0.15) is 11.5 Å². The van der Waals surface area contributed by atoms with Crippen LogP contribution in [0.15, 0.2) is 61.7 Å². The van der Waals surface area contributed by atoms with Gasteiger partial charge in [0.15, 0.2) is 0 Å². The molecular formula is C24H30O6. The number of hydrogen-bond acceptors (Lipinski definition) is 6. The minimum absolute atomic E-state index is 0.443. The van der Waals surface area contributed by atoms with Crippen LogP contribution < -0.4 is 9.47 Å². The van der Waals surface area contributed by atoms with Crippen molar-refractivity contribution in [2.45, 2.75) is 53.1 Å². The fraction of sp³-hybridized carbons (Fsp3) is 0.333. The van der Waals surface area contributed by atoms with Gasteiger partial charge >= 0.3 is 11.9 Å². The van der Waals surface area contributed by atoms with Crippen molar-refractivity contribution in [1.29, 1.82) is 0 Å². The summed E-state index contributed by atoms with van der Waals surface area (Å²) in [7, 11) is 0. The van der Waals surface area contributed by atoms with E-state index in [1.165, 1.54) is 0 Å². The van der Waals surface area contributed by atoms with Gasteiger partial charge < -0.3 is 18.9 Å². The van der Waals surface area contributed by atoms with E-state index in [0.717, 1.165) is 28.9 Å². The highest BCUT2D eigenvalue weighted by atomic mass is 16.7. The molecule has 0 fully saturated rings. The van der Waals surface area contributed by atoms with Gasteiger partial charge in [0.2, 0.25) is 12.6 Å². The Morgan fingerprint density at radius 2 is 1.40 bits per heavy atom. The van der Waals surface area contributed by atoms with E-state index in [-0.39, 0.29) is 0 Å². The van der Waals surface area contributed by atoms with Crippen LogP contribution in [0.5, 0.6) is 11.5 Å². The number of hydrogen-bond donors (Lipinski definition) is 0. The normalized spacial score (nSPS) is 12.1. The summed E-state index contributed by atoms with van der Waals surface area (Å²) in [5, 5.41) is 0. The van der Waals surface area contributed by atoms with Gasteiger partial charge in [-0.25, -0.2) is 9.59 Å². The number of benzene rings is 1. The summed E-state index contributed by atoms with van der Waals surface area (Å²) >= 11 is 0. The standard InChI is InChI=1S/C24H30O6/c1-9-22(25)28-17(7)27-21-12-11-19(13-15(3)4)24(20(21)14-16(5)6)30-18(8)29-23(26)10-2/h9-12,17-18H,1-3,5,13-14H2,4,6-8H3. The molecule has 0 aliphatic rings. The third-order valence-electron chi connectivity index (χ3n) is 3.74. The number of rotatable bonds is 12. The SMILES string of the molecule is C=CC(=O)OC(C)Oc1ccc(CC(=C)C)c(OC(C)OC(=O)C=C)c1CC(=C)C. The first kappa shape index (κ1) is 24.8. The predicted molar refractivity (Wildman–Crippen MR) is 116 cm³/mol. The van der Waals surface area contributed by atoms with Crippen LogP contribution in [-0.2, 0) is 31.9 Å². The average Bonchev–Trinajstić information content (AvgIpc) is 2.65. The maximum absolute atomic E-state index is 11.6. The van der Waals surface area contributed by atoms with E-state index in [1.54, 1.807) is 19.9 Å². The molecule has 0 aliphatic carbocycles. The molecule has 0 N–H and O–H groups in total. The Bertz CT molecular complexity index is 836. The monoisotopic (exact) mass is 414 g/mol. The van der Waals surface area contributed by atoms with E-state index in [0.29, 0.717) is 29.9 Å².